The molecule has 0 amide bonds. The van der Waals surface area contributed by atoms with Crippen molar-refractivity contribution in [2.24, 2.45) is 5.92 Å². The largest absolute Gasteiger partial charge is 0.496 e. The Balaban J connectivity index is 1.97. The first kappa shape index (κ1) is 15.4. The quantitative estimate of drug-likeness (QED) is 0.808. The number of hydrogen-bond acceptors (Lipinski definition) is 3. The number of methoxy groups -OCH3 is 1. The van der Waals surface area contributed by atoms with Crippen LogP contribution in [-0.4, -0.2) is 20.3 Å². The first-order chi connectivity index (χ1) is 11.6. The summed E-state index contributed by atoms with van der Waals surface area (Å²) in [4.78, 5) is 2.52. The van der Waals surface area contributed by atoms with E-state index in [0.717, 1.165) is 24.7 Å². The molecular weight excluding hydrogens is 298 g/mol. The van der Waals surface area contributed by atoms with Crippen LogP contribution in [0.4, 0.5) is 5.69 Å². The molecule has 0 unspecified atom stereocenters. The lowest BCUT2D eigenvalue weighted by Crippen LogP contribution is -2.51. The summed E-state index contributed by atoms with van der Waals surface area (Å²) < 4.78 is 11.9. The topological polar surface area (TPSA) is 21.7 Å². The highest BCUT2D eigenvalue weighted by molar-refractivity contribution is 5.64. The molecule has 2 atom stereocenters. The van der Waals surface area contributed by atoms with Crippen LogP contribution in [0.2, 0.25) is 0 Å². The number of nitrogens with zero attached hydrogens (tertiary/aromatic N) is 1. The van der Waals surface area contributed by atoms with E-state index in [4.69, 9.17) is 9.47 Å². The van der Waals surface area contributed by atoms with Crippen LogP contribution in [0.15, 0.2) is 42.5 Å². The summed E-state index contributed by atoms with van der Waals surface area (Å²) in [5.41, 5.74) is 3.99. The Morgan fingerprint density at radius 2 is 1.96 bits per heavy atom. The lowest BCUT2D eigenvalue weighted by Gasteiger charge is -2.53. The average Bonchev–Trinajstić information content (AvgIpc) is 2.61. The lowest BCUT2D eigenvalue weighted by molar-refractivity contribution is 0.120. The molecule has 0 radical (unpaired) electrons. The van der Waals surface area contributed by atoms with Crippen molar-refractivity contribution in [3.63, 3.8) is 0 Å². The van der Waals surface area contributed by atoms with Crippen molar-refractivity contribution in [2.45, 2.75) is 32.2 Å². The Kier molecular flexibility index (Phi) is 3.48. The summed E-state index contributed by atoms with van der Waals surface area (Å²) in [6.45, 7) is 8.63. The van der Waals surface area contributed by atoms with Crippen molar-refractivity contribution < 1.29 is 9.47 Å². The Morgan fingerprint density at radius 1 is 1.17 bits per heavy atom. The Hall–Kier alpha value is -2.16. The lowest BCUT2D eigenvalue weighted by atomic mass is 9.64. The Morgan fingerprint density at radius 3 is 2.71 bits per heavy atom. The maximum absolute atomic E-state index is 6.17. The van der Waals surface area contributed by atoms with E-state index >= 15 is 0 Å². The number of rotatable bonds is 2. The molecule has 0 N–H and O–H groups in total. The van der Waals surface area contributed by atoms with Crippen LogP contribution in [0.5, 0.6) is 11.5 Å². The molecule has 24 heavy (non-hydrogen) atoms. The number of para-hydroxylation sites is 1. The van der Waals surface area contributed by atoms with Crippen molar-refractivity contribution in [1.82, 2.24) is 0 Å². The van der Waals surface area contributed by atoms with Crippen molar-refractivity contribution in [3.8, 4) is 11.5 Å². The highest BCUT2D eigenvalue weighted by Crippen LogP contribution is 2.56. The van der Waals surface area contributed by atoms with Gasteiger partial charge in [0.25, 0.3) is 0 Å². The third-order valence-electron chi connectivity index (χ3n) is 5.85. The molecule has 2 aliphatic rings. The van der Waals surface area contributed by atoms with Gasteiger partial charge in [-0.05, 0) is 30.7 Å². The van der Waals surface area contributed by atoms with E-state index in [0.29, 0.717) is 5.92 Å². The second-order valence-corrected chi connectivity index (χ2v) is 7.26. The van der Waals surface area contributed by atoms with Gasteiger partial charge in [0.05, 0.1) is 25.3 Å². The van der Waals surface area contributed by atoms with Crippen LogP contribution in [-0.2, 0) is 5.41 Å². The third kappa shape index (κ3) is 1.97. The molecule has 0 saturated carbocycles. The maximum Gasteiger partial charge on any atom is 0.128 e. The summed E-state index contributed by atoms with van der Waals surface area (Å²) in [6, 6.07) is 15.2. The van der Waals surface area contributed by atoms with Gasteiger partial charge < -0.3 is 14.4 Å². The molecule has 0 aromatic heterocycles. The minimum absolute atomic E-state index is 0.0471. The monoisotopic (exact) mass is 323 g/mol. The molecule has 126 valence electrons. The van der Waals surface area contributed by atoms with Gasteiger partial charge >= 0.3 is 0 Å². The standard InChI is InChI=1S/C21H25NO2/c1-5-22-16-10-7-6-9-14(16)21(2,3)15-13-24-18-12-8-11-17(23-4)19(18)20(15)22/h6-12,15,20H,5,13H2,1-4H3/t15-,20-/m0/s1. The van der Waals surface area contributed by atoms with Crippen LogP contribution in [0.3, 0.4) is 0 Å². The number of anilines is 1. The second kappa shape index (κ2) is 5.44. The summed E-state index contributed by atoms with van der Waals surface area (Å²) in [5, 5.41) is 0. The van der Waals surface area contributed by atoms with Gasteiger partial charge in [0, 0.05) is 23.6 Å². The first-order valence-corrected chi connectivity index (χ1v) is 8.75. The fourth-order valence-electron chi connectivity index (χ4n) is 4.55. The number of benzene rings is 2. The molecular formula is C21H25NO2. The fraction of sp³-hybridized carbons (Fsp3) is 0.429. The van der Waals surface area contributed by atoms with E-state index in [9.17, 15) is 0 Å². The van der Waals surface area contributed by atoms with Crippen molar-refractivity contribution >= 4 is 5.69 Å². The second-order valence-electron chi connectivity index (χ2n) is 7.26. The predicted molar refractivity (Wildman–Crippen MR) is 97.2 cm³/mol. The number of ether oxygens (including phenoxy) is 2. The van der Waals surface area contributed by atoms with Gasteiger partial charge in [0.15, 0.2) is 0 Å². The van der Waals surface area contributed by atoms with E-state index in [1.54, 1.807) is 7.11 Å². The Labute approximate surface area is 144 Å². The van der Waals surface area contributed by atoms with E-state index in [1.165, 1.54) is 16.8 Å². The zero-order valence-electron chi connectivity index (χ0n) is 14.9. The van der Waals surface area contributed by atoms with Crippen LogP contribution in [0.1, 0.15) is 37.9 Å². The van der Waals surface area contributed by atoms with Gasteiger partial charge in [-0.3, -0.25) is 0 Å². The van der Waals surface area contributed by atoms with Crippen LogP contribution >= 0.6 is 0 Å². The highest BCUT2D eigenvalue weighted by Gasteiger charge is 2.50. The van der Waals surface area contributed by atoms with E-state index < -0.39 is 0 Å². The summed E-state index contributed by atoms with van der Waals surface area (Å²) in [7, 11) is 1.75. The Bertz CT molecular complexity index is 754. The smallest absolute Gasteiger partial charge is 0.128 e. The normalized spacial score (nSPS) is 23.6. The zero-order chi connectivity index (χ0) is 16.9. The molecule has 0 aliphatic carbocycles. The highest BCUT2D eigenvalue weighted by atomic mass is 16.5. The van der Waals surface area contributed by atoms with Gasteiger partial charge in [-0.15, -0.1) is 0 Å². The predicted octanol–water partition coefficient (Wildman–Crippen LogP) is 4.56. The zero-order valence-corrected chi connectivity index (χ0v) is 14.9. The summed E-state index contributed by atoms with van der Waals surface area (Å²) >= 11 is 0. The molecule has 2 aromatic rings. The van der Waals surface area contributed by atoms with Gasteiger partial charge in [0.1, 0.15) is 11.5 Å². The summed E-state index contributed by atoms with van der Waals surface area (Å²) in [5.74, 6) is 2.27. The third-order valence-corrected chi connectivity index (χ3v) is 5.85. The van der Waals surface area contributed by atoms with E-state index in [1.807, 2.05) is 12.1 Å². The molecule has 2 heterocycles. The van der Waals surface area contributed by atoms with E-state index in [-0.39, 0.29) is 11.5 Å². The van der Waals surface area contributed by atoms with Crippen molar-refractivity contribution in [3.05, 3.63) is 53.6 Å². The SMILES string of the molecule is CCN1c2ccccc2C(C)(C)[C@H]2COc3cccc(OC)c3[C@H]21. The van der Waals surface area contributed by atoms with Crippen LogP contribution in [0.25, 0.3) is 0 Å². The molecule has 2 aliphatic heterocycles. The van der Waals surface area contributed by atoms with Crippen LogP contribution < -0.4 is 14.4 Å². The van der Waals surface area contributed by atoms with Gasteiger partial charge in [-0.25, -0.2) is 0 Å². The first-order valence-electron chi connectivity index (χ1n) is 8.75. The average molecular weight is 323 g/mol. The van der Waals surface area contributed by atoms with Crippen LogP contribution in [0, 0.1) is 5.92 Å². The molecule has 0 spiro atoms. The molecule has 0 saturated heterocycles. The molecule has 0 bridgehead atoms. The molecule has 4 rings (SSSR count). The molecule has 2 aromatic carbocycles. The van der Waals surface area contributed by atoms with Crippen molar-refractivity contribution in [1.29, 1.82) is 0 Å². The number of fused-ring (bicyclic) bond motifs is 4. The molecule has 3 nitrogen and oxygen atoms in total. The van der Waals surface area contributed by atoms with Gasteiger partial charge in [0.2, 0.25) is 0 Å². The van der Waals surface area contributed by atoms with Gasteiger partial charge in [-0.2, -0.15) is 0 Å². The minimum atomic E-state index is 0.0471. The minimum Gasteiger partial charge on any atom is -0.496 e. The van der Waals surface area contributed by atoms with Gasteiger partial charge in [-0.1, -0.05) is 38.1 Å². The molecule has 3 heteroatoms. The maximum atomic E-state index is 6.17. The molecule has 0 fully saturated rings. The van der Waals surface area contributed by atoms with Crippen molar-refractivity contribution in [2.75, 3.05) is 25.2 Å². The fourth-order valence-corrected chi connectivity index (χ4v) is 4.55. The summed E-state index contributed by atoms with van der Waals surface area (Å²) in [6.07, 6.45) is 0. The number of hydrogen-bond donors (Lipinski definition) is 0. The van der Waals surface area contributed by atoms with E-state index in [2.05, 4.69) is 56.0 Å².